The lowest BCUT2D eigenvalue weighted by atomic mass is 10.1. The zero-order chi connectivity index (χ0) is 24.9. The van der Waals surface area contributed by atoms with Gasteiger partial charge in [-0.25, -0.2) is 9.79 Å². The van der Waals surface area contributed by atoms with E-state index in [1.807, 2.05) is 12.1 Å². The van der Waals surface area contributed by atoms with Crippen LogP contribution in [0.4, 0.5) is 5.69 Å². The lowest BCUT2D eigenvalue weighted by Crippen LogP contribution is -2.50. The van der Waals surface area contributed by atoms with Crippen LogP contribution < -0.4 is 10.5 Å². The number of rotatable bonds is 5. The Bertz CT molecular complexity index is 1200. The third-order valence-electron chi connectivity index (χ3n) is 5.79. The summed E-state index contributed by atoms with van der Waals surface area (Å²) in [6.07, 6.45) is 1.26. The highest BCUT2D eigenvalue weighted by Crippen LogP contribution is 2.18. The minimum absolute atomic E-state index is 0.00458. The van der Waals surface area contributed by atoms with Gasteiger partial charge < -0.3 is 14.6 Å². The molecule has 0 radical (unpaired) electrons. The molecule has 0 spiro atoms. The molecule has 0 aliphatic carbocycles. The molecule has 0 saturated carbocycles. The van der Waals surface area contributed by atoms with E-state index in [0.717, 1.165) is 5.69 Å². The van der Waals surface area contributed by atoms with Crippen molar-refractivity contribution in [3.8, 4) is 0 Å². The largest absolute Gasteiger partial charge is 0.376 e. The minimum atomic E-state index is -0.681. The molecule has 2 saturated heterocycles. The van der Waals surface area contributed by atoms with E-state index in [1.165, 1.54) is 18.0 Å². The number of amides is 2. The van der Waals surface area contributed by atoms with Gasteiger partial charge in [0.15, 0.2) is 5.78 Å². The van der Waals surface area contributed by atoms with E-state index in [1.54, 1.807) is 54.4 Å². The predicted octanol–water partition coefficient (Wildman–Crippen LogP) is 1.61. The molecule has 2 aromatic carbocycles. The Labute approximate surface area is 202 Å². The van der Waals surface area contributed by atoms with Crippen LogP contribution in [0.25, 0.3) is 0 Å². The van der Waals surface area contributed by atoms with Crippen molar-refractivity contribution in [2.24, 2.45) is 4.99 Å². The SMILES string of the molecule is CC(=O)c1ccc(N2CCN(C(=O)C(/C=C3/C(=O)ONN3C)=NC(=O)c3ccccc3)CC2)cc1. The van der Waals surface area contributed by atoms with Crippen molar-refractivity contribution >= 4 is 35.0 Å². The fourth-order valence-electron chi connectivity index (χ4n) is 3.77. The smallest absolute Gasteiger partial charge is 0.368 e. The van der Waals surface area contributed by atoms with Crippen LogP contribution in [0.1, 0.15) is 27.6 Å². The van der Waals surface area contributed by atoms with Crippen LogP contribution in [-0.4, -0.2) is 72.4 Å². The Kier molecular flexibility index (Phi) is 7.02. The normalized spacial score (nSPS) is 17.5. The molecule has 2 fully saturated rings. The van der Waals surface area contributed by atoms with Crippen molar-refractivity contribution in [1.82, 2.24) is 15.5 Å². The Morgan fingerprint density at radius 1 is 0.943 bits per heavy atom. The fourth-order valence-corrected chi connectivity index (χ4v) is 3.77. The van der Waals surface area contributed by atoms with Crippen LogP contribution in [0.15, 0.2) is 71.4 Å². The Morgan fingerprint density at radius 3 is 2.17 bits per heavy atom. The van der Waals surface area contributed by atoms with Crippen LogP contribution in [-0.2, 0) is 14.4 Å². The summed E-state index contributed by atoms with van der Waals surface area (Å²) in [5.74, 6) is -1.72. The van der Waals surface area contributed by atoms with Crippen molar-refractivity contribution in [1.29, 1.82) is 0 Å². The second-order valence-electron chi connectivity index (χ2n) is 8.12. The van der Waals surface area contributed by atoms with E-state index in [9.17, 15) is 19.2 Å². The van der Waals surface area contributed by atoms with E-state index >= 15 is 0 Å². The van der Waals surface area contributed by atoms with E-state index in [4.69, 9.17) is 4.84 Å². The fraction of sp³-hybridized carbons (Fsp3) is 0.240. The highest BCUT2D eigenvalue weighted by atomic mass is 16.7. The van der Waals surface area contributed by atoms with Gasteiger partial charge in [-0.1, -0.05) is 23.8 Å². The summed E-state index contributed by atoms with van der Waals surface area (Å²) in [6.45, 7) is 3.44. The molecule has 0 unspecified atom stereocenters. The molecule has 2 aliphatic rings. The zero-order valence-corrected chi connectivity index (χ0v) is 19.4. The number of ketones is 1. The summed E-state index contributed by atoms with van der Waals surface area (Å²) >= 11 is 0. The first-order valence-corrected chi connectivity index (χ1v) is 11.1. The number of carbonyl (C=O) groups excluding carboxylic acids is 4. The number of likely N-dealkylation sites (N-methyl/N-ethyl adjacent to an activating group) is 1. The number of nitrogens with zero attached hydrogens (tertiary/aromatic N) is 4. The van der Waals surface area contributed by atoms with Crippen molar-refractivity contribution in [3.05, 3.63) is 77.5 Å². The lowest BCUT2D eigenvalue weighted by Gasteiger charge is -2.36. The van der Waals surface area contributed by atoms with Gasteiger partial charge in [-0.05, 0) is 43.3 Å². The van der Waals surface area contributed by atoms with Gasteiger partial charge in [0.05, 0.1) is 0 Å². The molecule has 2 aliphatic heterocycles. The van der Waals surface area contributed by atoms with E-state index in [2.05, 4.69) is 15.5 Å². The molecule has 35 heavy (non-hydrogen) atoms. The second-order valence-corrected chi connectivity index (χ2v) is 8.12. The molecule has 0 atom stereocenters. The standard InChI is InChI=1S/C25H25N5O5/c1-17(31)18-8-10-20(11-9-18)29-12-14-30(15-13-29)24(33)21(16-22-25(34)35-27-28(22)2)26-23(32)19-6-4-3-5-7-19/h3-11,16,27H,12-15H2,1-2H3/b22-16-,26-21?. The number of Topliss-reactive ketones (excluding diaryl/α,β-unsaturated/α-hetero) is 1. The average Bonchev–Trinajstić information content (AvgIpc) is 3.20. The van der Waals surface area contributed by atoms with E-state index < -0.39 is 17.8 Å². The lowest BCUT2D eigenvalue weighted by molar-refractivity contribution is -0.142. The maximum atomic E-state index is 13.4. The molecule has 4 rings (SSSR count). The maximum absolute atomic E-state index is 13.4. The molecule has 10 heteroatoms. The van der Waals surface area contributed by atoms with Crippen LogP contribution in [0, 0.1) is 0 Å². The number of hydrogen-bond acceptors (Lipinski definition) is 8. The molecule has 10 nitrogen and oxygen atoms in total. The topological polar surface area (TPSA) is 112 Å². The van der Waals surface area contributed by atoms with Crippen LogP contribution in [0.5, 0.6) is 0 Å². The van der Waals surface area contributed by atoms with Crippen molar-refractivity contribution in [3.63, 3.8) is 0 Å². The van der Waals surface area contributed by atoms with Crippen molar-refractivity contribution in [2.45, 2.75) is 6.92 Å². The van der Waals surface area contributed by atoms with Crippen molar-refractivity contribution < 1.29 is 24.0 Å². The van der Waals surface area contributed by atoms with Gasteiger partial charge in [-0.2, -0.15) is 0 Å². The molecule has 2 aromatic rings. The summed E-state index contributed by atoms with van der Waals surface area (Å²) in [4.78, 5) is 62.2. The maximum Gasteiger partial charge on any atom is 0.376 e. The molecule has 2 heterocycles. The van der Waals surface area contributed by atoms with Gasteiger partial charge in [0.25, 0.3) is 11.8 Å². The predicted molar refractivity (Wildman–Crippen MR) is 129 cm³/mol. The summed E-state index contributed by atoms with van der Waals surface area (Å²) < 4.78 is 0. The Hall–Kier alpha value is -4.31. The number of hydrogen-bond donors (Lipinski definition) is 1. The number of anilines is 1. The van der Waals surface area contributed by atoms with Gasteiger partial charge in [-0.3, -0.25) is 19.4 Å². The number of benzene rings is 2. The first-order chi connectivity index (χ1) is 16.8. The molecule has 180 valence electrons. The highest BCUT2D eigenvalue weighted by Gasteiger charge is 2.29. The van der Waals surface area contributed by atoms with Crippen molar-refractivity contribution in [2.75, 3.05) is 38.1 Å². The quantitative estimate of drug-likeness (QED) is 0.395. The van der Waals surface area contributed by atoms with Gasteiger partial charge in [0, 0.05) is 56.1 Å². The van der Waals surface area contributed by atoms with Gasteiger partial charge in [-0.15, -0.1) is 0 Å². The molecule has 0 bridgehead atoms. The van der Waals surface area contributed by atoms with Crippen LogP contribution in [0.3, 0.4) is 0 Å². The monoisotopic (exact) mass is 475 g/mol. The van der Waals surface area contributed by atoms with Crippen LogP contribution in [0.2, 0.25) is 0 Å². The number of piperazine rings is 1. The number of nitrogens with one attached hydrogen (secondary N) is 1. The summed E-state index contributed by atoms with van der Waals surface area (Å²) in [6, 6.07) is 15.7. The van der Waals surface area contributed by atoms with Gasteiger partial charge >= 0.3 is 5.97 Å². The second kappa shape index (κ2) is 10.3. The van der Waals surface area contributed by atoms with Gasteiger partial charge in [0.2, 0.25) is 0 Å². The third-order valence-corrected chi connectivity index (χ3v) is 5.79. The first kappa shape index (κ1) is 23.8. The van der Waals surface area contributed by atoms with E-state index in [0.29, 0.717) is 37.3 Å². The molecule has 1 N–H and O–H groups in total. The van der Waals surface area contributed by atoms with Gasteiger partial charge in [0.1, 0.15) is 11.4 Å². The number of hydrazine groups is 1. The Morgan fingerprint density at radius 2 is 1.60 bits per heavy atom. The third kappa shape index (κ3) is 5.44. The van der Waals surface area contributed by atoms with E-state index in [-0.39, 0.29) is 17.2 Å². The summed E-state index contributed by atoms with van der Waals surface area (Å²) in [5.41, 5.74) is 4.22. The average molecular weight is 476 g/mol. The summed E-state index contributed by atoms with van der Waals surface area (Å²) in [7, 11) is 1.55. The zero-order valence-electron chi connectivity index (χ0n) is 19.4. The van der Waals surface area contributed by atoms with Crippen LogP contribution >= 0.6 is 0 Å². The number of aliphatic imine (C=N–C) groups is 1. The minimum Gasteiger partial charge on any atom is -0.368 e. The molecule has 2 amide bonds. The summed E-state index contributed by atoms with van der Waals surface area (Å²) in [5, 5.41) is 1.31. The first-order valence-electron chi connectivity index (χ1n) is 11.1. The molecular weight excluding hydrogens is 450 g/mol. The highest BCUT2D eigenvalue weighted by molar-refractivity contribution is 6.45. The Balaban J connectivity index is 1.53. The molecular formula is C25H25N5O5. The molecule has 0 aromatic heterocycles. The number of carbonyl (C=O) groups is 4.